The lowest BCUT2D eigenvalue weighted by Gasteiger charge is -2.20. The summed E-state index contributed by atoms with van der Waals surface area (Å²) < 4.78 is 17.0. The van der Waals surface area contributed by atoms with Crippen LogP contribution in [0.25, 0.3) is 10.9 Å². The second kappa shape index (κ2) is 5.70. The van der Waals surface area contributed by atoms with Crippen molar-refractivity contribution in [3.8, 4) is 0 Å². The van der Waals surface area contributed by atoms with Crippen molar-refractivity contribution in [2.75, 3.05) is 0 Å². The van der Waals surface area contributed by atoms with Crippen molar-refractivity contribution in [2.45, 2.75) is 39.8 Å². The molecular formula is C17H18ClFN4O. The Morgan fingerprint density at radius 3 is 2.62 bits per heavy atom. The summed E-state index contributed by atoms with van der Waals surface area (Å²) in [5, 5.41) is 9.60. The fourth-order valence-corrected chi connectivity index (χ4v) is 2.89. The van der Waals surface area contributed by atoms with Crippen LogP contribution in [-0.4, -0.2) is 19.6 Å². The van der Waals surface area contributed by atoms with Crippen LogP contribution >= 0.6 is 11.6 Å². The molecule has 0 fully saturated rings. The smallest absolute Gasteiger partial charge is 0.265 e. The predicted molar refractivity (Wildman–Crippen MR) is 92.0 cm³/mol. The van der Waals surface area contributed by atoms with Crippen molar-refractivity contribution in [3.63, 3.8) is 0 Å². The summed E-state index contributed by atoms with van der Waals surface area (Å²) >= 11 is 6.07. The summed E-state index contributed by atoms with van der Waals surface area (Å²) in [5.74, 6) is -0.460. The zero-order valence-corrected chi connectivity index (χ0v) is 14.7. The van der Waals surface area contributed by atoms with Gasteiger partial charge in [-0.25, -0.2) is 9.07 Å². The standard InChI is InChI=1S/C17H18ClFN4O/c1-10-11-8-20-23(17(2,3)4)15(11)16(24)22(21-10)9-12-13(18)6-5-7-14(12)19/h5-8H,9H2,1-4H3. The summed E-state index contributed by atoms with van der Waals surface area (Å²) in [5.41, 5.74) is 0.689. The van der Waals surface area contributed by atoms with Gasteiger partial charge in [-0.05, 0) is 39.8 Å². The van der Waals surface area contributed by atoms with Crippen molar-refractivity contribution in [1.29, 1.82) is 0 Å². The van der Waals surface area contributed by atoms with Gasteiger partial charge in [0.2, 0.25) is 0 Å². The van der Waals surface area contributed by atoms with Gasteiger partial charge in [0.1, 0.15) is 11.3 Å². The van der Waals surface area contributed by atoms with E-state index in [0.29, 0.717) is 16.6 Å². The maximum atomic E-state index is 14.0. The fraction of sp³-hybridized carbons (Fsp3) is 0.353. The topological polar surface area (TPSA) is 52.7 Å². The average Bonchev–Trinajstić information content (AvgIpc) is 2.94. The summed E-state index contributed by atoms with van der Waals surface area (Å²) in [6.07, 6.45) is 1.64. The molecular weight excluding hydrogens is 331 g/mol. The minimum absolute atomic E-state index is 0.0313. The lowest BCUT2D eigenvalue weighted by molar-refractivity contribution is 0.366. The zero-order valence-electron chi connectivity index (χ0n) is 14.0. The third kappa shape index (κ3) is 2.71. The van der Waals surface area contributed by atoms with Gasteiger partial charge in [0.25, 0.3) is 5.56 Å². The molecule has 7 heteroatoms. The Morgan fingerprint density at radius 2 is 2.00 bits per heavy atom. The Labute approximate surface area is 143 Å². The van der Waals surface area contributed by atoms with Crippen LogP contribution in [0.3, 0.4) is 0 Å². The molecule has 0 bridgehead atoms. The number of hydrogen-bond acceptors (Lipinski definition) is 3. The molecule has 0 radical (unpaired) electrons. The molecule has 0 aliphatic rings. The Kier molecular flexibility index (Phi) is 3.95. The first-order chi connectivity index (χ1) is 11.2. The Balaban J connectivity index is 2.23. The van der Waals surface area contributed by atoms with Gasteiger partial charge in [-0.2, -0.15) is 10.2 Å². The van der Waals surface area contributed by atoms with E-state index in [9.17, 15) is 9.18 Å². The highest BCUT2D eigenvalue weighted by Gasteiger charge is 2.22. The van der Waals surface area contributed by atoms with Crippen LogP contribution in [0.1, 0.15) is 32.0 Å². The monoisotopic (exact) mass is 348 g/mol. The van der Waals surface area contributed by atoms with E-state index in [1.54, 1.807) is 23.9 Å². The normalized spacial score (nSPS) is 12.1. The first kappa shape index (κ1) is 16.6. The van der Waals surface area contributed by atoms with E-state index in [1.807, 2.05) is 20.8 Å². The highest BCUT2D eigenvalue weighted by Crippen LogP contribution is 2.22. The van der Waals surface area contributed by atoms with Crippen LogP contribution in [-0.2, 0) is 12.1 Å². The highest BCUT2D eigenvalue weighted by atomic mass is 35.5. The lowest BCUT2D eigenvalue weighted by Crippen LogP contribution is -2.31. The Hall–Kier alpha value is -2.21. The summed E-state index contributed by atoms with van der Waals surface area (Å²) in [6.45, 7) is 7.67. The van der Waals surface area contributed by atoms with Crippen LogP contribution in [0.2, 0.25) is 5.02 Å². The minimum atomic E-state index is -0.460. The molecule has 2 aromatic heterocycles. The molecule has 0 aliphatic heterocycles. The molecule has 1 aromatic carbocycles. The van der Waals surface area contributed by atoms with Gasteiger partial charge in [0.15, 0.2) is 0 Å². The molecule has 0 unspecified atom stereocenters. The van der Waals surface area contributed by atoms with Crippen molar-refractivity contribution in [3.05, 3.63) is 56.8 Å². The number of nitrogens with zero attached hydrogens (tertiary/aromatic N) is 4. The van der Waals surface area contributed by atoms with Crippen LogP contribution < -0.4 is 5.56 Å². The highest BCUT2D eigenvalue weighted by molar-refractivity contribution is 6.31. The molecule has 3 aromatic rings. The van der Waals surface area contributed by atoms with Gasteiger partial charge in [-0.15, -0.1) is 0 Å². The van der Waals surface area contributed by atoms with E-state index in [2.05, 4.69) is 10.2 Å². The molecule has 0 saturated heterocycles. The summed E-state index contributed by atoms with van der Waals surface area (Å²) in [6, 6.07) is 4.44. The Bertz CT molecular complexity index is 964. The summed E-state index contributed by atoms with van der Waals surface area (Å²) in [4.78, 5) is 12.9. The minimum Gasteiger partial charge on any atom is -0.265 e. The van der Waals surface area contributed by atoms with Gasteiger partial charge < -0.3 is 0 Å². The molecule has 0 aliphatic carbocycles. The predicted octanol–water partition coefficient (Wildman–Crippen LogP) is 3.50. The van der Waals surface area contributed by atoms with Gasteiger partial charge in [-0.1, -0.05) is 17.7 Å². The van der Waals surface area contributed by atoms with Crippen LogP contribution in [0, 0.1) is 12.7 Å². The van der Waals surface area contributed by atoms with Gasteiger partial charge >= 0.3 is 0 Å². The number of fused-ring (bicyclic) bond motifs is 1. The molecule has 2 heterocycles. The van der Waals surface area contributed by atoms with Crippen LogP contribution in [0.4, 0.5) is 4.39 Å². The first-order valence-electron chi connectivity index (χ1n) is 7.59. The zero-order chi connectivity index (χ0) is 17.6. The molecule has 0 atom stereocenters. The molecule has 3 rings (SSSR count). The molecule has 5 nitrogen and oxygen atoms in total. The van der Waals surface area contributed by atoms with Crippen LogP contribution in [0.5, 0.6) is 0 Å². The molecule has 0 N–H and O–H groups in total. The molecule has 0 amide bonds. The van der Waals surface area contributed by atoms with E-state index in [1.165, 1.54) is 16.8 Å². The maximum absolute atomic E-state index is 14.0. The van der Waals surface area contributed by atoms with Crippen molar-refractivity contribution in [1.82, 2.24) is 19.6 Å². The van der Waals surface area contributed by atoms with Crippen molar-refractivity contribution >= 4 is 22.5 Å². The van der Waals surface area contributed by atoms with Gasteiger partial charge in [0, 0.05) is 16.0 Å². The van der Waals surface area contributed by atoms with Crippen molar-refractivity contribution < 1.29 is 4.39 Å². The molecule has 24 heavy (non-hydrogen) atoms. The number of rotatable bonds is 2. The molecule has 0 spiro atoms. The van der Waals surface area contributed by atoms with E-state index in [4.69, 9.17) is 11.6 Å². The number of benzene rings is 1. The maximum Gasteiger partial charge on any atom is 0.293 e. The number of halogens is 2. The van der Waals surface area contributed by atoms with Gasteiger partial charge in [0.05, 0.1) is 24.0 Å². The van der Waals surface area contributed by atoms with E-state index in [0.717, 1.165) is 0 Å². The fourth-order valence-electron chi connectivity index (χ4n) is 2.67. The summed E-state index contributed by atoms with van der Waals surface area (Å²) in [7, 11) is 0. The third-order valence-corrected chi connectivity index (χ3v) is 4.23. The van der Waals surface area contributed by atoms with Crippen molar-refractivity contribution in [2.24, 2.45) is 0 Å². The molecule has 0 saturated carbocycles. The lowest BCUT2D eigenvalue weighted by atomic mass is 10.1. The largest absolute Gasteiger partial charge is 0.293 e. The molecule has 126 valence electrons. The Morgan fingerprint density at radius 1 is 1.29 bits per heavy atom. The first-order valence-corrected chi connectivity index (χ1v) is 7.97. The second-order valence-corrected chi connectivity index (χ2v) is 7.15. The number of aromatic nitrogens is 4. The number of aryl methyl sites for hydroxylation is 1. The third-order valence-electron chi connectivity index (χ3n) is 3.87. The SMILES string of the molecule is Cc1nn(Cc2c(F)cccc2Cl)c(=O)c2c1cnn2C(C)(C)C. The van der Waals surface area contributed by atoms with E-state index >= 15 is 0 Å². The van der Waals surface area contributed by atoms with Gasteiger partial charge in [-0.3, -0.25) is 9.48 Å². The van der Waals surface area contributed by atoms with Crippen LogP contribution in [0.15, 0.2) is 29.2 Å². The quantitative estimate of drug-likeness (QED) is 0.712. The van der Waals surface area contributed by atoms with E-state index < -0.39 is 5.82 Å². The van der Waals surface area contributed by atoms with E-state index in [-0.39, 0.29) is 28.2 Å². The number of hydrogen-bond donors (Lipinski definition) is 0. The second-order valence-electron chi connectivity index (χ2n) is 6.74. The average molecular weight is 349 g/mol.